The molecule has 1 aromatic heterocycles. The van der Waals surface area contributed by atoms with E-state index in [0.29, 0.717) is 12.5 Å². The average Bonchev–Trinajstić information content (AvgIpc) is 2.94. The van der Waals surface area contributed by atoms with Crippen LogP contribution in [0.25, 0.3) is 0 Å². The van der Waals surface area contributed by atoms with E-state index >= 15 is 0 Å². The molecule has 0 aliphatic rings. The zero-order valence-electron chi connectivity index (χ0n) is 14.5. The van der Waals surface area contributed by atoms with Gasteiger partial charge in [-0.2, -0.15) is 0 Å². The lowest BCUT2D eigenvalue weighted by molar-refractivity contribution is 0.380. The zero-order valence-corrected chi connectivity index (χ0v) is 14.5. The number of nitrogens with one attached hydrogen (secondary N) is 1. The molecule has 0 amide bonds. The van der Waals surface area contributed by atoms with E-state index in [-0.39, 0.29) is 0 Å². The Hall–Kier alpha value is -1.52. The minimum Gasteiger partial charge on any atom is -0.370 e. The van der Waals surface area contributed by atoms with Crippen LogP contribution in [0.2, 0.25) is 0 Å². The second-order valence-corrected chi connectivity index (χ2v) is 5.63. The van der Waals surface area contributed by atoms with Crippen LogP contribution in [0.1, 0.15) is 76.3 Å². The molecule has 0 atom stereocenters. The van der Waals surface area contributed by atoms with Gasteiger partial charge in [-0.15, -0.1) is 0 Å². The van der Waals surface area contributed by atoms with Crippen molar-refractivity contribution >= 4 is 5.96 Å². The standard InChI is InChI=1S/C17H32N4O/c1-4-7-8-9-10-11-12-19-17(18)20-13-14-15(5-2)21-22-16(14)6-3/h4-13H2,1-3H3,(H3,18,19,20). The zero-order chi connectivity index (χ0) is 16.2. The van der Waals surface area contributed by atoms with E-state index < -0.39 is 0 Å². The fourth-order valence-corrected chi connectivity index (χ4v) is 2.46. The number of aryl methyl sites for hydroxylation is 2. The van der Waals surface area contributed by atoms with Crippen molar-refractivity contribution in [2.24, 2.45) is 10.7 Å². The smallest absolute Gasteiger partial charge is 0.188 e. The van der Waals surface area contributed by atoms with Gasteiger partial charge in [-0.3, -0.25) is 0 Å². The third kappa shape index (κ3) is 6.50. The number of nitrogens with two attached hydrogens (primary N) is 1. The van der Waals surface area contributed by atoms with Crippen LogP contribution in [0.3, 0.4) is 0 Å². The summed E-state index contributed by atoms with van der Waals surface area (Å²) in [4.78, 5) is 4.41. The summed E-state index contributed by atoms with van der Waals surface area (Å²) >= 11 is 0. The van der Waals surface area contributed by atoms with E-state index in [2.05, 4.69) is 36.2 Å². The van der Waals surface area contributed by atoms with Crippen LogP contribution in [-0.2, 0) is 19.4 Å². The quantitative estimate of drug-likeness (QED) is 0.372. The third-order valence-corrected chi connectivity index (χ3v) is 3.85. The first-order valence-corrected chi connectivity index (χ1v) is 8.72. The molecule has 0 saturated heterocycles. The molecule has 126 valence electrons. The van der Waals surface area contributed by atoms with Gasteiger partial charge in [0.2, 0.25) is 0 Å². The van der Waals surface area contributed by atoms with Gasteiger partial charge in [-0.1, -0.05) is 58.0 Å². The van der Waals surface area contributed by atoms with Crippen LogP contribution in [0, 0.1) is 0 Å². The lowest BCUT2D eigenvalue weighted by atomic mass is 10.1. The fourth-order valence-electron chi connectivity index (χ4n) is 2.46. The van der Waals surface area contributed by atoms with E-state index in [1.807, 2.05) is 0 Å². The Labute approximate surface area is 134 Å². The molecule has 0 fully saturated rings. The summed E-state index contributed by atoms with van der Waals surface area (Å²) in [5, 5.41) is 7.28. The molecule has 0 aromatic carbocycles. The highest BCUT2D eigenvalue weighted by molar-refractivity contribution is 5.77. The molecule has 0 bridgehead atoms. The molecular formula is C17H32N4O. The van der Waals surface area contributed by atoms with E-state index in [0.717, 1.165) is 42.8 Å². The second kappa shape index (κ2) is 11.1. The monoisotopic (exact) mass is 308 g/mol. The van der Waals surface area contributed by atoms with E-state index in [1.54, 1.807) is 0 Å². The van der Waals surface area contributed by atoms with Gasteiger partial charge < -0.3 is 15.6 Å². The fraction of sp³-hybridized carbons (Fsp3) is 0.765. The maximum absolute atomic E-state index is 5.92. The van der Waals surface area contributed by atoms with Crippen molar-refractivity contribution in [3.63, 3.8) is 0 Å². The number of hydrogen-bond acceptors (Lipinski definition) is 3. The Balaban J connectivity index is 2.29. The normalized spacial score (nSPS) is 11.9. The average molecular weight is 308 g/mol. The van der Waals surface area contributed by atoms with Crippen LogP contribution in [0.15, 0.2) is 9.52 Å². The van der Waals surface area contributed by atoms with Crippen molar-refractivity contribution in [1.29, 1.82) is 0 Å². The predicted octanol–water partition coefficient (Wildman–Crippen LogP) is 3.56. The number of rotatable bonds is 11. The predicted molar refractivity (Wildman–Crippen MR) is 92.0 cm³/mol. The molecule has 0 spiro atoms. The van der Waals surface area contributed by atoms with Crippen molar-refractivity contribution < 1.29 is 4.52 Å². The highest BCUT2D eigenvalue weighted by atomic mass is 16.5. The summed E-state index contributed by atoms with van der Waals surface area (Å²) in [6.07, 6.45) is 9.39. The minimum atomic E-state index is 0.513. The molecule has 0 unspecified atom stereocenters. The maximum Gasteiger partial charge on any atom is 0.188 e. The number of guanidine groups is 1. The van der Waals surface area contributed by atoms with Crippen molar-refractivity contribution in [3.05, 3.63) is 17.0 Å². The van der Waals surface area contributed by atoms with Crippen LogP contribution in [-0.4, -0.2) is 17.7 Å². The van der Waals surface area contributed by atoms with E-state index in [9.17, 15) is 0 Å². The summed E-state index contributed by atoms with van der Waals surface area (Å²) in [5.41, 5.74) is 8.01. The molecule has 0 radical (unpaired) electrons. The Morgan fingerprint density at radius 1 is 1.09 bits per heavy atom. The van der Waals surface area contributed by atoms with Gasteiger partial charge in [0, 0.05) is 18.5 Å². The van der Waals surface area contributed by atoms with Gasteiger partial charge in [-0.05, 0) is 12.8 Å². The number of nitrogens with zero attached hydrogens (tertiary/aromatic N) is 2. The van der Waals surface area contributed by atoms with Crippen LogP contribution < -0.4 is 11.1 Å². The van der Waals surface area contributed by atoms with E-state index in [4.69, 9.17) is 10.3 Å². The van der Waals surface area contributed by atoms with Crippen LogP contribution in [0.4, 0.5) is 0 Å². The van der Waals surface area contributed by atoms with Crippen molar-refractivity contribution in [3.8, 4) is 0 Å². The Bertz CT molecular complexity index is 418. The van der Waals surface area contributed by atoms with Crippen molar-refractivity contribution in [2.75, 3.05) is 6.54 Å². The van der Waals surface area contributed by atoms with Gasteiger partial charge in [0.1, 0.15) is 5.76 Å². The first kappa shape index (κ1) is 18.5. The highest BCUT2D eigenvalue weighted by Crippen LogP contribution is 2.16. The molecule has 0 saturated carbocycles. The maximum atomic E-state index is 5.92. The van der Waals surface area contributed by atoms with Gasteiger partial charge >= 0.3 is 0 Å². The Morgan fingerprint density at radius 2 is 1.82 bits per heavy atom. The third-order valence-electron chi connectivity index (χ3n) is 3.85. The minimum absolute atomic E-state index is 0.513. The lowest BCUT2D eigenvalue weighted by Crippen LogP contribution is -2.32. The summed E-state index contributed by atoms with van der Waals surface area (Å²) < 4.78 is 5.33. The van der Waals surface area contributed by atoms with Crippen molar-refractivity contribution in [1.82, 2.24) is 10.5 Å². The molecule has 3 N–H and O–H groups in total. The second-order valence-electron chi connectivity index (χ2n) is 5.63. The molecular weight excluding hydrogens is 276 g/mol. The number of aromatic nitrogens is 1. The molecule has 1 heterocycles. The van der Waals surface area contributed by atoms with Gasteiger partial charge in [0.25, 0.3) is 0 Å². The van der Waals surface area contributed by atoms with Gasteiger partial charge in [0.05, 0.1) is 12.2 Å². The molecule has 0 aliphatic heterocycles. The molecule has 5 nitrogen and oxygen atoms in total. The SMILES string of the molecule is CCCCCCCCNC(N)=NCc1c(CC)noc1CC. The number of unbranched alkanes of at least 4 members (excludes halogenated alkanes) is 5. The molecule has 1 rings (SSSR count). The molecule has 0 aliphatic carbocycles. The Kier molecular flexibility index (Phi) is 9.35. The molecule has 5 heteroatoms. The first-order chi connectivity index (χ1) is 10.7. The molecule has 1 aromatic rings. The van der Waals surface area contributed by atoms with Crippen LogP contribution in [0.5, 0.6) is 0 Å². The first-order valence-electron chi connectivity index (χ1n) is 8.72. The van der Waals surface area contributed by atoms with E-state index in [1.165, 1.54) is 32.1 Å². The molecule has 22 heavy (non-hydrogen) atoms. The summed E-state index contributed by atoms with van der Waals surface area (Å²) in [6, 6.07) is 0. The number of aliphatic imine (C=N–C) groups is 1. The van der Waals surface area contributed by atoms with Crippen LogP contribution >= 0.6 is 0 Å². The summed E-state index contributed by atoms with van der Waals surface area (Å²) in [5.74, 6) is 1.43. The lowest BCUT2D eigenvalue weighted by Gasteiger charge is -2.06. The van der Waals surface area contributed by atoms with Crippen molar-refractivity contribution in [2.45, 2.75) is 78.7 Å². The Morgan fingerprint density at radius 3 is 2.50 bits per heavy atom. The van der Waals surface area contributed by atoms with Gasteiger partial charge in [0.15, 0.2) is 5.96 Å². The summed E-state index contributed by atoms with van der Waals surface area (Å²) in [6.45, 7) is 7.82. The van der Waals surface area contributed by atoms with Gasteiger partial charge in [-0.25, -0.2) is 4.99 Å². The summed E-state index contributed by atoms with van der Waals surface area (Å²) in [7, 11) is 0. The largest absolute Gasteiger partial charge is 0.370 e. The topological polar surface area (TPSA) is 76.4 Å². The number of hydrogen-bond donors (Lipinski definition) is 2. The highest BCUT2D eigenvalue weighted by Gasteiger charge is 2.12.